The number of rotatable bonds is 4. The van der Waals surface area contributed by atoms with E-state index in [9.17, 15) is 4.79 Å². The zero-order chi connectivity index (χ0) is 13.4. The highest BCUT2D eigenvalue weighted by molar-refractivity contribution is 5.99. The van der Waals surface area contributed by atoms with E-state index in [1.165, 1.54) is 30.4 Å². The Morgan fingerprint density at radius 3 is 2.58 bits per heavy atom. The predicted octanol–water partition coefficient (Wildman–Crippen LogP) is 4.43. The number of benzene rings is 1. The molecular formula is C18H24O. The first-order valence-corrected chi connectivity index (χ1v) is 7.88. The minimum absolute atomic E-state index is 0.330. The van der Waals surface area contributed by atoms with Crippen molar-refractivity contribution in [3.05, 3.63) is 34.9 Å². The number of hydrogen-bond acceptors (Lipinski definition) is 1. The predicted molar refractivity (Wildman–Crippen MR) is 78.5 cm³/mol. The maximum absolute atomic E-state index is 12.9. The minimum Gasteiger partial charge on any atom is -0.294 e. The quantitative estimate of drug-likeness (QED) is 0.728. The Morgan fingerprint density at radius 2 is 2.00 bits per heavy atom. The normalized spacial score (nSPS) is 28.8. The zero-order valence-corrected chi connectivity index (χ0v) is 12.1. The SMILES string of the molecule is CCc1ccc(CC)c(C(=O)C2CC3CCC2C3)c1. The molecule has 19 heavy (non-hydrogen) atoms. The lowest BCUT2D eigenvalue weighted by atomic mass is 9.81. The van der Waals surface area contributed by atoms with Gasteiger partial charge in [-0.3, -0.25) is 4.79 Å². The summed E-state index contributed by atoms with van der Waals surface area (Å²) in [5.74, 6) is 2.31. The summed E-state index contributed by atoms with van der Waals surface area (Å²) in [5, 5.41) is 0. The van der Waals surface area contributed by atoms with Crippen molar-refractivity contribution in [1.82, 2.24) is 0 Å². The zero-order valence-electron chi connectivity index (χ0n) is 12.1. The van der Waals surface area contributed by atoms with Gasteiger partial charge in [-0.15, -0.1) is 0 Å². The molecule has 1 aromatic rings. The van der Waals surface area contributed by atoms with Crippen LogP contribution in [0.4, 0.5) is 0 Å². The van der Waals surface area contributed by atoms with Crippen molar-refractivity contribution in [2.24, 2.45) is 17.8 Å². The fraction of sp³-hybridized carbons (Fsp3) is 0.611. The molecule has 0 saturated heterocycles. The summed E-state index contributed by atoms with van der Waals surface area (Å²) in [4.78, 5) is 12.9. The van der Waals surface area contributed by atoms with Gasteiger partial charge < -0.3 is 0 Å². The summed E-state index contributed by atoms with van der Waals surface area (Å²) in [6, 6.07) is 6.50. The number of ketones is 1. The Morgan fingerprint density at radius 1 is 1.16 bits per heavy atom. The molecule has 3 rings (SSSR count). The summed E-state index contributed by atoms with van der Waals surface area (Å²) < 4.78 is 0. The average Bonchev–Trinajstić information content (AvgIpc) is 3.08. The van der Waals surface area contributed by atoms with E-state index in [0.717, 1.165) is 30.7 Å². The second-order valence-electron chi connectivity index (χ2n) is 6.34. The third kappa shape index (κ3) is 2.24. The summed E-state index contributed by atoms with van der Waals surface area (Å²) in [6.07, 6.45) is 7.10. The molecule has 0 aliphatic heterocycles. The molecule has 0 amide bonds. The van der Waals surface area contributed by atoms with Gasteiger partial charge in [0, 0.05) is 11.5 Å². The first kappa shape index (κ1) is 12.9. The maximum Gasteiger partial charge on any atom is 0.166 e. The molecule has 102 valence electrons. The Labute approximate surface area is 116 Å². The van der Waals surface area contributed by atoms with Crippen molar-refractivity contribution in [2.75, 3.05) is 0 Å². The van der Waals surface area contributed by atoms with Crippen LogP contribution in [-0.4, -0.2) is 5.78 Å². The van der Waals surface area contributed by atoms with E-state index < -0.39 is 0 Å². The van der Waals surface area contributed by atoms with Crippen LogP contribution in [0.5, 0.6) is 0 Å². The van der Waals surface area contributed by atoms with Gasteiger partial charge in [0.15, 0.2) is 5.78 Å². The standard InChI is InChI=1S/C18H24O/c1-3-12-5-7-14(4-2)16(10-12)18(19)17-11-13-6-8-15(17)9-13/h5,7,10,13,15,17H,3-4,6,8-9,11H2,1-2H3. The van der Waals surface area contributed by atoms with Crippen LogP contribution in [-0.2, 0) is 12.8 Å². The summed E-state index contributed by atoms with van der Waals surface area (Å²) in [5.41, 5.74) is 3.56. The second-order valence-corrected chi connectivity index (χ2v) is 6.34. The number of carbonyl (C=O) groups is 1. The van der Waals surface area contributed by atoms with Crippen LogP contribution in [0.15, 0.2) is 18.2 Å². The molecule has 1 nitrogen and oxygen atoms in total. The molecule has 0 aromatic heterocycles. The van der Waals surface area contributed by atoms with Gasteiger partial charge in [-0.1, -0.05) is 32.4 Å². The van der Waals surface area contributed by atoms with Crippen molar-refractivity contribution in [1.29, 1.82) is 0 Å². The topological polar surface area (TPSA) is 17.1 Å². The van der Waals surface area contributed by atoms with E-state index in [0.29, 0.717) is 17.6 Å². The molecule has 2 aliphatic carbocycles. The largest absolute Gasteiger partial charge is 0.294 e. The summed E-state index contributed by atoms with van der Waals surface area (Å²) in [6.45, 7) is 4.31. The van der Waals surface area contributed by atoms with Crippen LogP contribution in [0.1, 0.15) is 61.0 Å². The van der Waals surface area contributed by atoms with Gasteiger partial charge in [0.25, 0.3) is 0 Å². The molecule has 2 saturated carbocycles. The highest BCUT2D eigenvalue weighted by atomic mass is 16.1. The Balaban J connectivity index is 1.90. The van der Waals surface area contributed by atoms with Crippen LogP contribution in [0.3, 0.4) is 0 Å². The van der Waals surface area contributed by atoms with Gasteiger partial charge in [0.05, 0.1) is 0 Å². The van der Waals surface area contributed by atoms with E-state index in [2.05, 4.69) is 32.0 Å². The molecule has 0 N–H and O–H groups in total. The first-order valence-electron chi connectivity index (χ1n) is 7.88. The van der Waals surface area contributed by atoms with Gasteiger partial charge in [-0.25, -0.2) is 0 Å². The summed E-state index contributed by atoms with van der Waals surface area (Å²) >= 11 is 0. The molecule has 0 radical (unpaired) electrons. The number of aryl methyl sites for hydroxylation is 2. The smallest absolute Gasteiger partial charge is 0.166 e. The van der Waals surface area contributed by atoms with Gasteiger partial charge >= 0.3 is 0 Å². The lowest BCUT2D eigenvalue weighted by Crippen LogP contribution is -2.22. The van der Waals surface area contributed by atoms with Crippen molar-refractivity contribution < 1.29 is 4.79 Å². The van der Waals surface area contributed by atoms with E-state index in [4.69, 9.17) is 0 Å². The minimum atomic E-state index is 0.330. The maximum atomic E-state index is 12.9. The number of fused-ring (bicyclic) bond motifs is 2. The molecular weight excluding hydrogens is 232 g/mol. The fourth-order valence-corrected chi connectivity index (χ4v) is 4.15. The Hall–Kier alpha value is -1.11. The monoisotopic (exact) mass is 256 g/mol. The van der Waals surface area contributed by atoms with Crippen molar-refractivity contribution in [3.8, 4) is 0 Å². The van der Waals surface area contributed by atoms with E-state index in [1.54, 1.807) is 0 Å². The number of carbonyl (C=O) groups excluding carboxylic acids is 1. The molecule has 3 atom stereocenters. The van der Waals surface area contributed by atoms with Crippen LogP contribution in [0.25, 0.3) is 0 Å². The lowest BCUT2D eigenvalue weighted by molar-refractivity contribution is 0.0873. The molecule has 2 aliphatic rings. The highest BCUT2D eigenvalue weighted by Crippen LogP contribution is 2.49. The summed E-state index contributed by atoms with van der Waals surface area (Å²) in [7, 11) is 0. The van der Waals surface area contributed by atoms with Gasteiger partial charge in [0.1, 0.15) is 0 Å². The highest BCUT2D eigenvalue weighted by Gasteiger charge is 2.43. The fourth-order valence-electron chi connectivity index (χ4n) is 4.15. The van der Waals surface area contributed by atoms with Crippen LogP contribution in [0.2, 0.25) is 0 Å². The van der Waals surface area contributed by atoms with E-state index >= 15 is 0 Å². The number of hydrogen-bond donors (Lipinski definition) is 0. The van der Waals surface area contributed by atoms with Gasteiger partial charge in [-0.2, -0.15) is 0 Å². The van der Waals surface area contributed by atoms with Gasteiger partial charge in [0.2, 0.25) is 0 Å². The average molecular weight is 256 g/mol. The van der Waals surface area contributed by atoms with Gasteiger partial charge in [-0.05, 0) is 61.1 Å². The third-order valence-electron chi connectivity index (χ3n) is 5.30. The lowest BCUT2D eigenvalue weighted by Gasteiger charge is -2.21. The van der Waals surface area contributed by atoms with Crippen LogP contribution < -0.4 is 0 Å². The van der Waals surface area contributed by atoms with Crippen molar-refractivity contribution in [3.63, 3.8) is 0 Å². The number of Topliss-reactive ketones (excluding diaryl/α,β-unsaturated/α-hetero) is 1. The van der Waals surface area contributed by atoms with E-state index in [1.807, 2.05) is 0 Å². The van der Waals surface area contributed by atoms with Crippen LogP contribution >= 0.6 is 0 Å². The Kier molecular flexibility index (Phi) is 3.47. The molecule has 2 bridgehead atoms. The van der Waals surface area contributed by atoms with Crippen molar-refractivity contribution >= 4 is 5.78 Å². The second kappa shape index (κ2) is 5.11. The molecule has 2 fully saturated rings. The first-order chi connectivity index (χ1) is 9.22. The van der Waals surface area contributed by atoms with Crippen molar-refractivity contribution in [2.45, 2.75) is 52.4 Å². The molecule has 0 spiro atoms. The Bertz CT molecular complexity index is 488. The molecule has 1 heteroatoms. The van der Waals surface area contributed by atoms with E-state index in [-0.39, 0.29) is 0 Å². The third-order valence-corrected chi connectivity index (χ3v) is 5.30. The molecule has 0 heterocycles. The van der Waals surface area contributed by atoms with Crippen LogP contribution in [0, 0.1) is 17.8 Å². The molecule has 1 aromatic carbocycles. The molecule has 3 unspecified atom stereocenters.